The summed E-state index contributed by atoms with van der Waals surface area (Å²) in [5.41, 5.74) is 0. The molecule has 0 unspecified atom stereocenters. The second-order valence-corrected chi connectivity index (χ2v) is 15.1. The third kappa shape index (κ3) is 23.9. The average Bonchev–Trinajstić information content (AvgIpc) is 2.92. The molecule has 0 atom stereocenters. The minimum atomic E-state index is -5.45. The van der Waals surface area contributed by atoms with Crippen LogP contribution in [-0.2, 0) is 31.6 Å². The number of hydrogen-bond donors (Lipinski definition) is 0. The van der Waals surface area contributed by atoms with Gasteiger partial charge in [-0.3, -0.25) is 0 Å². The molecular formula is C32H60O8Te. The average molecular weight is 700 g/mol. The molecule has 8 nitrogen and oxygen atoms in total. The van der Waals surface area contributed by atoms with Gasteiger partial charge in [0.05, 0.1) is 0 Å². The topological polar surface area (TPSA) is 105 Å². The molecule has 41 heavy (non-hydrogen) atoms. The molecule has 0 radical (unpaired) electrons. The van der Waals surface area contributed by atoms with E-state index >= 15 is 0 Å². The molecule has 9 heteroatoms. The third-order valence-electron chi connectivity index (χ3n) is 6.72. The summed E-state index contributed by atoms with van der Waals surface area (Å²) in [7, 11) is 0. The first kappa shape index (κ1) is 39.7. The Morgan fingerprint density at radius 3 is 0.732 bits per heavy atom. The number of rotatable bonds is 28. The van der Waals surface area contributed by atoms with E-state index in [9.17, 15) is 19.2 Å². The Kier molecular flexibility index (Phi) is 26.6. The standard InChI is InChI=1S/C32H60O8Te/c1-5-9-13-17-21-25-29(33)37-41(38-30(34)26-22-18-14-10-6-2,39-31(35)27-23-19-15-11-7-3)40-32(36)28-24-20-16-12-8-4/h5-28H2,1-4H3. The summed E-state index contributed by atoms with van der Waals surface area (Å²) in [6.07, 6.45) is 18.8. The second-order valence-electron chi connectivity index (χ2n) is 10.9. The molecule has 0 spiro atoms. The fourth-order valence-electron chi connectivity index (χ4n) is 4.22. The Balaban J connectivity index is 5.59. The Bertz CT molecular complexity index is 580. The van der Waals surface area contributed by atoms with Crippen molar-refractivity contribution >= 4 is 43.7 Å². The van der Waals surface area contributed by atoms with Crippen LogP contribution in [0.4, 0.5) is 0 Å². The zero-order valence-corrected chi connectivity index (χ0v) is 29.0. The van der Waals surface area contributed by atoms with E-state index in [-0.39, 0.29) is 25.7 Å². The van der Waals surface area contributed by atoms with Gasteiger partial charge in [0.15, 0.2) is 0 Å². The Labute approximate surface area is 256 Å². The molecule has 242 valence electrons. The van der Waals surface area contributed by atoms with Crippen LogP contribution in [0, 0.1) is 0 Å². The van der Waals surface area contributed by atoms with E-state index < -0.39 is 43.7 Å². The van der Waals surface area contributed by atoms with Crippen LogP contribution in [0.2, 0.25) is 0 Å². The first-order valence-electron chi connectivity index (χ1n) is 16.5. The van der Waals surface area contributed by atoms with Gasteiger partial charge in [0.2, 0.25) is 0 Å². The van der Waals surface area contributed by atoms with E-state index in [1.165, 1.54) is 0 Å². The first-order chi connectivity index (χ1) is 19.8. The van der Waals surface area contributed by atoms with E-state index in [2.05, 4.69) is 27.7 Å². The van der Waals surface area contributed by atoms with Crippen molar-refractivity contribution < 1.29 is 31.6 Å². The summed E-state index contributed by atoms with van der Waals surface area (Å²) in [4.78, 5) is 51.5. The molecule has 0 aromatic rings. The SMILES string of the molecule is CCCCCCCC(=O)O[Te](OC(=O)CCCCCCC)(OC(=O)CCCCCCC)OC(=O)CCCCCCC. The maximum atomic E-state index is 12.9. The molecule has 0 aliphatic heterocycles. The van der Waals surface area contributed by atoms with Crippen molar-refractivity contribution in [3.63, 3.8) is 0 Å². The number of carbonyl (C=O) groups is 4. The number of carbonyl (C=O) groups excluding carboxylic acids is 4. The van der Waals surface area contributed by atoms with Gasteiger partial charge in [-0.25, -0.2) is 0 Å². The van der Waals surface area contributed by atoms with Crippen molar-refractivity contribution in [2.24, 2.45) is 0 Å². The summed E-state index contributed by atoms with van der Waals surface area (Å²) in [6.45, 7) is 8.46. The van der Waals surface area contributed by atoms with Gasteiger partial charge in [0, 0.05) is 0 Å². The summed E-state index contributed by atoms with van der Waals surface area (Å²) in [5, 5.41) is 0. The monoisotopic (exact) mass is 702 g/mol. The molecule has 0 aliphatic rings. The van der Waals surface area contributed by atoms with Crippen LogP contribution in [0.25, 0.3) is 0 Å². The number of unbranched alkanes of at least 4 members (excludes halogenated alkanes) is 16. The quantitative estimate of drug-likeness (QED) is 0.0589. The molecule has 0 rings (SSSR count). The van der Waals surface area contributed by atoms with Crippen LogP contribution >= 0.6 is 0 Å². The minimum absolute atomic E-state index is 0.0784. The Morgan fingerprint density at radius 2 is 0.537 bits per heavy atom. The van der Waals surface area contributed by atoms with Crippen molar-refractivity contribution in [1.82, 2.24) is 0 Å². The normalized spacial score (nSPS) is 11.6. The molecule has 0 aliphatic carbocycles. The molecule has 0 saturated carbocycles. The number of hydrogen-bond acceptors (Lipinski definition) is 8. The molecule has 0 aromatic carbocycles. The zero-order valence-electron chi connectivity index (χ0n) is 26.6. The van der Waals surface area contributed by atoms with Gasteiger partial charge in [-0.15, -0.1) is 0 Å². The van der Waals surface area contributed by atoms with Crippen LogP contribution < -0.4 is 0 Å². The molecule has 0 saturated heterocycles. The van der Waals surface area contributed by atoms with Gasteiger partial charge in [-0.05, 0) is 0 Å². The summed E-state index contributed by atoms with van der Waals surface area (Å²) in [6, 6.07) is 0. The summed E-state index contributed by atoms with van der Waals surface area (Å²) < 4.78 is 22.5. The fraction of sp³-hybridized carbons (Fsp3) is 0.875. The third-order valence-corrected chi connectivity index (χ3v) is 11.2. The summed E-state index contributed by atoms with van der Waals surface area (Å²) in [5.74, 6) is -2.65. The van der Waals surface area contributed by atoms with Crippen LogP contribution in [0.5, 0.6) is 0 Å². The van der Waals surface area contributed by atoms with Gasteiger partial charge in [-0.2, -0.15) is 0 Å². The van der Waals surface area contributed by atoms with Gasteiger partial charge in [0.1, 0.15) is 0 Å². The van der Waals surface area contributed by atoms with E-state index in [1.807, 2.05) is 0 Å². The maximum absolute atomic E-state index is 12.9. The molecular weight excluding hydrogens is 640 g/mol. The van der Waals surface area contributed by atoms with Crippen molar-refractivity contribution in [2.45, 2.75) is 182 Å². The van der Waals surface area contributed by atoms with Gasteiger partial charge >= 0.3 is 257 Å². The van der Waals surface area contributed by atoms with Crippen molar-refractivity contribution in [1.29, 1.82) is 0 Å². The van der Waals surface area contributed by atoms with E-state index in [1.54, 1.807) is 0 Å². The van der Waals surface area contributed by atoms with Crippen LogP contribution in [-0.4, -0.2) is 43.7 Å². The summed E-state index contributed by atoms with van der Waals surface area (Å²) >= 11 is -5.45. The van der Waals surface area contributed by atoms with Gasteiger partial charge in [0.25, 0.3) is 0 Å². The predicted octanol–water partition coefficient (Wildman–Crippen LogP) is 9.04. The zero-order chi connectivity index (χ0) is 30.6. The Hall–Kier alpha value is -1.33. The molecule has 0 heterocycles. The Morgan fingerprint density at radius 1 is 0.341 bits per heavy atom. The molecule has 0 bridgehead atoms. The molecule has 0 N–H and O–H groups in total. The molecule has 0 amide bonds. The van der Waals surface area contributed by atoms with Crippen molar-refractivity contribution in [3.8, 4) is 0 Å². The van der Waals surface area contributed by atoms with E-state index in [0.29, 0.717) is 25.7 Å². The first-order valence-corrected chi connectivity index (χ1v) is 20.3. The molecule has 0 fully saturated rings. The van der Waals surface area contributed by atoms with Crippen LogP contribution in [0.1, 0.15) is 182 Å². The van der Waals surface area contributed by atoms with Gasteiger partial charge < -0.3 is 0 Å². The predicted molar refractivity (Wildman–Crippen MR) is 164 cm³/mol. The van der Waals surface area contributed by atoms with E-state index in [0.717, 1.165) is 103 Å². The van der Waals surface area contributed by atoms with Crippen molar-refractivity contribution in [3.05, 3.63) is 0 Å². The second kappa shape index (κ2) is 27.5. The molecule has 0 aromatic heterocycles. The van der Waals surface area contributed by atoms with E-state index in [4.69, 9.17) is 12.4 Å². The van der Waals surface area contributed by atoms with Crippen LogP contribution in [0.15, 0.2) is 0 Å². The van der Waals surface area contributed by atoms with Crippen LogP contribution in [0.3, 0.4) is 0 Å². The van der Waals surface area contributed by atoms with Crippen molar-refractivity contribution in [2.75, 3.05) is 0 Å². The fourth-order valence-corrected chi connectivity index (χ4v) is 8.35. The van der Waals surface area contributed by atoms with Gasteiger partial charge in [-0.1, -0.05) is 0 Å².